The second kappa shape index (κ2) is 6.03. The Labute approximate surface area is 126 Å². The lowest BCUT2D eigenvalue weighted by molar-refractivity contribution is 0.0884. The zero-order valence-electron chi connectivity index (χ0n) is 13.6. The Morgan fingerprint density at radius 3 is 2.71 bits per heavy atom. The predicted molar refractivity (Wildman–Crippen MR) is 86.7 cm³/mol. The van der Waals surface area contributed by atoms with Crippen LogP contribution in [-0.2, 0) is 6.54 Å². The van der Waals surface area contributed by atoms with Gasteiger partial charge < -0.3 is 19.7 Å². The molecule has 0 unspecified atom stereocenters. The van der Waals surface area contributed by atoms with Crippen LogP contribution in [0.2, 0.25) is 0 Å². The first kappa shape index (κ1) is 15.8. The highest BCUT2D eigenvalue weighted by atomic mass is 16.3. The summed E-state index contributed by atoms with van der Waals surface area (Å²) >= 11 is 0. The molecule has 2 aromatic rings. The van der Waals surface area contributed by atoms with Gasteiger partial charge in [0.05, 0.1) is 11.3 Å². The molecule has 2 N–H and O–H groups in total. The molecule has 0 amide bonds. The van der Waals surface area contributed by atoms with Gasteiger partial charge in [0.2, 0.25) is 0 Å². The first-order valence-electron chi connectivity index (χ1n) is 7.41. The van der Waals surface area contributed by atoms with Crippen molar-refractivity contribution in [2.24, 2.45) is 0 Å². The van der Waals surface area contributed by atoms with Crippen molar-refractivity contribution in [2.75, 3.05) is 18.5 Å². The smallest absolute Gasteiger partial charge is 0.152 e. The van der Waals surface area contributed by atoms with Crippen molar-refractivity contribution >= 4 is 11.5 Å². The van der Waals surface area contributed by atoms with Crippen LogP contribution in [0.5, 0.6) is 0 Å². The van der Waals surface area contributed by atoms with Crippen LogP contribution >= 0.6 is 0 Å². The average molecular weight is 290 g/mol. The molecule has 0 aromatic carbocycles. The van der Waals surface area contributed by atoms with Crippen molar-refractivity contribution in [1.82, 2.24) is 14.7 Å². The van der Waals surface area contributed by atoms with Crippen LogP contribution < -0.4 is 10.2 Å². The molecule has 0 aliphatic carbocycles. The topological polar surface area (TPSA) is 52.8 Å². The van der Waals surface area contributed by atoms with Crippen LogP contribution in [0.15, 0.2) is 24.4 Å². The summed E-state index contributed by atoms with van der Waals surface area (Å²) in [6.45, 7) is 9.16. The minimum absolute atomic E-state index is 0.409. The number of likely N-dealkylation sites (N-methyl/N-ethyl adjacent to an activating group) is 1. The lowest BCUT2D eigenvalue weighted by Gasteiger charge is -2.26. The van der Waals surface area contributed by atoms with Crippen LogP contribution in [-0.4, -0.2) is 39.7 Å². The van der Waals surface area contributed by atoms with Crippen molar-refractivity contribution in [3.05, 3.63) is 30.1 Å². The average Bonchev–Trinajstić information content (AvgIpc) is 2.73. The molecule has 116 valence electrons. The van der Waals surface area contributed by atoms with Crippen molar-refractivity contribution in [3.63, 3.8) is 0 Å². The molecule has 0 aliphatic rings. The van der Waals surface area contributed by atoms with E-state index < -0.39 is 5.60 Å². The van der Waals surface area contributed by atoms with Gasteiger partial charge in [-0.15, -0.1) is 0 Å². The van der Waals surface area contributed by atoms with E-state index in [1.807, 2.05) is 50.2 Å². The fourth-order valence-electron chi connectivity index (χ4n) is 2.46. The standard InChI is InChI=1S/C16H26N4O/c1-12(2)17-10-13-15(19(5)11-16(3,4)21)18-14-8-6-7-9-20(13)14/h6-9,12,17,21H,10-11H2,1-5H3. The van der Waals surface area contributed by atoms with Gasteiger partial charge in [0.1, 0.15) is 5.65 Å². The van der Waals surface area contributed by atoms with E-state index in [-0.39, 0.29) is 0 Å². The van der Waals surface area contributed by atoms with Crippen LogP contribution in [0.4, 0.5) is 5.82 Å². The number of aromatic nitrogens is 2. The summed E-state index contributed by atoms with van der Waals surface area (Å²) in [5.41, 5.74) is 1.29. The molecule has 5 nitrogen and oxygen atoms in total. The van der Waals surface area contributed by atoms with Crippen molar-refractivity contribution < 1.29 is 5.11 Å². The zero-order valence-corrected chi connectivity index (χ0v) is 13.6. The second-order valence-electron chi connectivity index (χ2n) is 6.52. The normalized spacial score (nSPS) is 12.3. The number of aliphatic hydroxyl groups is 1. The number of imidazole rings is 1. The third-order valence-electron chi connectivity index (χ3n) is 3.27. The number of nitrogens with zero attached hydrogens (tertiary/aromatic N) is 3. The molecule has 0 saturated heterocycles. The van der Waals surface area contributed by atoms with E-state index in [4.69, 9.17) is 4.98 Å². The maximum absolute atomic E-state index is 10.0. The highest BCUT2D eigenvalue weighted by Gasteiger charge is 2.21. The molecule has 0 radical (unpaired) electrons. The van der Waals surface area contributed by atoms with E-state index >= 15 is 0 Å². The van der Waals surface area contributed by atoms with E-state index in [9.17, 15) is 5.11 Å². The van der Waals surface area contributed by atoms with Gasteiger partial charge in [-0.3, -0.25) is 0 Å². The Bertz CT molecular complexity index is 598. The molecule has 0 saturated carbocycles. The summed E-state index contributed by atoms with van der Waals surface area (Å²) in [7, 11) is 1.97. The molecule has 2 aromatic heterocycles. The first-order chi connectivity index (χ1) is 9.78. The Kier molecular flexibility index (Phi) is 4.54. The summed E-state index contributed by atoms with van der Waals surface area (Å²) in [6, 6.07) is 6.40. The van der Waals surface area contributed by atoms with E-state index in [2.05, 4.69) is 23.6 Å². The van der Waals surface area contributed by atoms with Crippen molar-refractivity contribution in [1.29, 1.82) is 0 Å². The van der Waals surface area contributed by atoms with Crippen molar-refractivity contribution in [3.8, 4) is 0 Å². The molecule has 0 fully saturated rings. The molecular formula is C16H26N4O. The third-order valence-corrected chi connectivity index (χ3v) is 3.27. The zero-order chi connectivity index (χ0) is 15.6. The number of nitrogens with one attached hydrogen (secondary N) is 1. The summed E-state index contributed by atoms with van der Waals surface area (Å²) in [5, 5.41) is 13.5. The van der Waals surface area contributed by atoms with Gasteiger partial charge in [0, 0.05) is 32.4 Å². The number of rotatable bonds is 6. The molecule has 5 heteroatoms. The number of pyridine rings is 1. The highest BCUT2D eigenvalue weighted by molar-refractivity contribution is 5.55. The van der Waals surface area contributed by atoms with E-state index in [1.165, 1.54) is 0 Å². The summed E-state index contributed by atoms with van der Waals surface area (Å²) in [5.74, 6) is 0.913. The largest absolute Gasteiger partial charge is 0.389 e. The Morgan fingerprint density at radius 1 is 1.38 bits per heavy atom. The van der Waals surface area contributed by atoms with Gasteiger partial charge in [-0.25, -0.2) is 4.98 Å². The monoisotopic (exact) mass is 290 g/mol. The number of hydrogen-bond donors (Lipinski definition) is 2. The third kappa shape index (κ3) is 3.95. The van der Waals surface area contributed by atoms with Gasteiger partial charge in [-0.05, 0) is 26.0 Å². The first-order valence-corrected chi connectivity index (χ1v) is 7.41. The van der Waals surface area contributed by atoms with Gasteiger partial charge >= 0.3 is 0 Å². The van der Waals surface area contributed by atoms with E-state index in [0.717, 1.165) is 23.7 Å². The fraction of sp³-hybridized carbons (Fsp3) is 0.562. The van der Waals surface area contributed by atoms with Crippen LogP contribution in [0.3, 0.4) is 0 Å². The number of anilines is 1. The number of fused-ring (bicyclic) bond motifs is 1. The molecule has 0 spiro atoms. The highest BCUT2D eigenvalue weighted by Crippen LogP contribution is 2.22. The van der Waals surface area contributed by atoms with E-state index in [1.54, 1.807) is 0 Å². The molecule has 0 aliphatic heterocycles. The molecule has 0 atom stereocenters. The van der Waals surface area contributed by atoms with Crippen LogP contribution in [0.1, 0.15) is 33.4 Å². The Hall–Kier alpha value is -1.59. The minimum atomic E-state index is -0.757. The SMILES string of the molecule is CC(C)NCc1c(N(C)CC(C)(C)O)nc2ccccn12. The quantitative estimate of drug-likeness (QED) is 0.855. The van der Waals surface area contributed by atoms with Gasteiger partial charge in [0.25, 0.3) is 0 Å². The van der Waals surface area contributed by atoms with Gasteiger partial charge in [0.15, 0.2) is 5.82 Å². The van der Waals surface area contributed by atoms with Crippen LogP contribution in [0.25, 0.3) is 5.65 Å². The molecule has 2 rings (SSSR count). The minimum Gasteiger partial charge on any atom is -0.389 e. The summed E-state index contributed by atoms with van der Waals surface area (Å²) < 4.78 is 2.10. The van der Waals surface area contributed by atoms with Gasteiger partial charge in [-0.2, -0.15) is 0 Å². The Balaban J connectivity index is 2.38. The lowest BCUT2D eigenvalue weighted by Crippen LogP contribution is -2.37. The Morgan fingerprint density at radius 2 is 2.10 bits per heavy atom. The molecule has 2 heterocycles. The van der Waals surface area contributed by atoms with E-state index in [0.29, 0.717) is 12.6 Å². The molecule has 21 heavy (non-hydrogen) atoms. The van der Waals surface area contributed by atoms with Gasteiger partial charge in [-0.1, -0.05) is 19.9 Å². The maximum atomic E-state index is 10.0. The molecular weight excluding hydrogens is 264 g/mol. The maximum Gasteiger partial charge on any atom is 0.152 e. The lowest BCUT2D eigenvalue weighted by atomic mass is 10.1. The molecule has 0 bridgehead atoms. The fourth-order valence-corrected chi connectivity index (χ4v) is 2.46. The summed E-state index contributed by atoms with van der Waals surface area (Å²) in [4.78, 5) is 6.73. The number of hydrogen-bond acceptors (Lipinski definition) is 4. The van der Waals surface area contributed by atoms with Crippen LogP contribution in [0, 0.1) is 0 Å². The predicted octanol–water partition coefficient (Wildman–Crippen LogP) is 2.04. The summed E-state index contributed by atoms with van der Waals surface area (Å²) in [6.07, 6.45) is 2.03. The van der Waals surface area contributed by atoms with Crippen molar-refractivity contribution in [2.45, 2.75) is 45.9 Å². The second-order valence-corrected chi connectivity index (χ2v) is 6.52.